The van der Waals surface area contributed by atoms with Gasteiger partial charge in [-0.1, -0.05) is 146 Å². The summed E-state index contributed by atoms with van der Waals surface area (Å²) in [7, 11) is 0. The van der Waals surface area contributed by atoms with Gasteiger partial charge < -0.3 is 4.98 Å². The minimum atomic E-state index is 1.11. The molecule has 1 aromatic heterocycles. The van der Waals surface area contributed by atoms with Crippen molar-refractivity contribution in [1.82, 2.24) is 4.98 Å². The third-order valence-corrected chi connectivity index (χ3v) is 10.6. The largest absolute Gasteiger partial charge is 0.354 e. The molecule has 0 aliphatic carbocycles. The van der Waals surface area contributed by atoms with Gasteiger partial charge in [0.25, 0.3) is 0 Å². The van der Waals surface area contributed by atoms with Crippen LogP contribution in [0.3, 0.4) is 0 Å². The Balaban J connectivity index is 1.23. The molecule has 1 N–H and O–H groups in total. The van der Waals surface area contributed by atoms with Crippen molar-refractivity contribution in [1.29, 1.82) is 0 Å². The van der Waals surface area contributed by atoms with Crippen LogP contribution in [0.4, 0.5) is 0 Å². The van der Waals surface area contributed by atoms with E-state index >= 15 is 0 Å². The Kier molecular flexibility index (Phi) is 5.37. The molecule has 0 atom stereocenters. The summed E-state index contributed by atoms with van der Waals surface area (Å²) in [5.41, 5.74) is 7.30. The lowest BCUT2D eigenvalue weighted by Crippen LogP contribution is -1.92. The molecule has 224 valence electrons. The summed E-state index contributed by atoms with van der Waals surface area (Å²) in [5.74, 6) is 0. The standard InChI is InChI=1S/C48H27N/c1-3-13-33-29(11-1)21-22-31-27-43(35-15-5-6-16-37(35)45(31)33)47-40-19-9-7-17-38(40)46(39-18-8-10-20-41(39)47)32-24-25-36-42-26-23-30-12-2-4-14-34(30)48(42)49-44(36)28-32/h1-5,7-15,17-28,49H. The van der Waals surface area contributed by atoms with Gasteiger partial charge >= 0.3 is 0 Å². The molecule has 0 unspecified atom stereocenters. The highest BCUT2D eigenvalue weighted by atomic mass is 14.7. The molecular formula is C48H27N. The zero-order valence-corrected chi connectivity index (χ0v) is 26.5. The Morgan fingerprint density at radius 2 is 1.00 bits per heavy atom. The van der Waals surface area contributed by atoms with Gasteiger partial charge in [-0.25, -0.2) is 0 Å². The van der Waals surface area contributed by atoms with Crippen LogP contribution in [0.15, 0.2) is 158 Å². The van der Waals surface area contributed by atoms with E-state index in [0.717, 1.165) is 10.9 Å². The fourth-order valence-corrected chi connectivity index (χ4v) is 8.47. The zero-order valence-electron chi connectivity index (χ0n) is 26.5. The van der Waals surface area contributed by atoms with Crippen LogP contribution in [-0.4, -0.2) is 4.98 Å². The first-order valence-electron chi connectivity index (χ1n) is 16.9. The van der Waals surface area contributed by atoms with Crippen molar-refractivity contribution < 1.29 is 0 Å². The predicted molar refractivity (Wildman–Crippen MR) is 209 cm³/mol. The van der Waals surface area contributed by atoms with Crippen LogP contribution >= 0.6 is 0 Å². The number of nitrogens with one attached hydrogen (secondary N) is 1. The van der Waals surface area contributed by atoms with E-state index < -0.39 is 0 Å². The Hall–Kier alpha value is -6.62. The van der Waals surface area contributed by atoms with E-state index in [1.165, 1.54) is 97.8 Å². The van der Waals surface area contributed by atoms with E-state index in [1.54, 1.807) is 0 Å². The molecule has 0 fully saturated rings. The molecule has 1 heteroatoms. The van der Waals surface area contributed by atoms with E-state index in [4.69, 9.17) is 0 Å². The second-order valence-electron chi connectivity index (χ2n) is 13.1. The summed E-state index contributed by atoms with van der Waals surface area (Å²) in [6.45, 7) is 0. The molecule has 0 saturated heterocycles. The third kappa shape index (κ3) is 3.72. The van der Waals surface area contributed by atoms with Gasteiger partial charge in [0.05, 0.1) is 5.52 Å². The molecule has 0 spiro atoms. The number of fused-ring (bicyclic) bond motifs is 12. The Bertz CT molecular complexity index is 3100. The zero-order chi connectivity index (χ0) is 32.1. The van der Waals surface area contributed by atoms with Crippen LogP contribution in [-0.2, 0) is 0 Å². The van der Waals surface area contributed by atoms with Gasteiger partial charge in [-0.05, 0) is 95.0 Å². The minimum Gasteiger partial charge on any atom is -0.354 e. The third-order valence-electron chi connectivity index (χ3n) is 10.6. The average Bonchev–Trinajstić information content (AvgIpc) is 3.55. The SMILES string of the molecule is c1ccc2c(-c3c4ccccc4c(-c4ccc5c(c4)[nH]c4c6ccccc6ccc54)c4ccccc34)cc3ccc4ccccc4c3c2c#1. The molecule has 10 aromatic carbocycles. The summed E-state index contributed by atoms with van der Waals surface area (Å²) >= 11 is 0. The van der Waals surface area contributed by atoms with Crippen molar-refractivity contribution in [3.8, 4) is 22.3 Å². The smallest absolute Gasteiger partial charge is 0.0544 e. The Morgan fingerprint density at radius 3 is 1.76 bits per heavy atom. The number of hydrogen-bond donors (Lipinski definition) is 1. The van der Waals surface area contributed by atoms with Crippen LogP contribution in [0.5, 0.6) is 0 Å². The van der Waals surface area contributed by atoms with E-state index in [0.29, 0.717) is 0 Å². The molecule has 1 heterocycles. The van der Waals surface area contributed by atoms with Crippen molar-refractivity contribution in [2.24, 2.45) is 0 Å². The number of rotatable bonds is 2. The van der Waals surface area contributed by atoms with E-state index in [2.05, 4.69) is 169 Å². The van der Waals surface area contributed by atoms with Crippen molar-refractivity contribution in [3.05, 3.63) is 170 Å². The van der Waals surface area contributed by atoms with E-state index in [9.17, 15) is 0 Å². The topological polar surface area (TPSA) is 15.8 Å². The summed E-state index contributed by atoms with van der Waals surface area (Å²) in [6, 6.07) is 64.5. The highest BCUT2D eigenvalue weighted by Gasteiger charge is 2.20. The maximum atomic E-state index is 3.81. The maximum Gasteiger partial charge on any atom is 0.0544 e. The van der Waals surface area contributed by atoms with Crippen LogP contribution < -0.4 is 0 Å². The van der Waals surface area contributed by atoms with E-state index in [-0.39, 0.29) is 0 Å². The summed E-state index contributed by atoms with van der Waals surface area (Å²) in [4.78, 5) is 3.81. The normalized spacial score (nSPS) is 11.9. The van der Waals surface area contributed by atoms with Gasteiger partial charge in [0.1, 0.15) is 0 Å². The van der Waals surface area contributed by atoms with Crippen molar-refractivity contribution in [3.63, 3.8) is 0 Å². The first kappa shape index (κ1) is 26.4. The quantitative estimate of drug-likeness (QED) is 0.147. The first-order chi connectivity index (χ1) is 24.3. The molecular weight excluding hydrogens is 591 g/mol. The van der Waals surface area contributed by atoms with Crippen molar-refractivity contribution in [2.75, 3.05) is 0 Å². The highest BCUT2D eigenvalue weighted by molar-refractivity contribution is 6.28. The van der Waals surface area contributed by atoms with Gasteiger partial charge in [-0.2, -0.15) is 0 Å². The second kappa shape index (κ2) is 9.94. The van der Waals surface area contributed by atoms with Gasteiger partial charge in [0.2, 0.25) is 0 Å². The molecule has 11 aromatic rings. The van der Waals surface area contributed by atoms with Crippen LogP contribution in [0.2, 0.25) is 0 Å². The minimum absolute atomic E-state index is 1.11. The van der Waals surface area contributed by atoms with Crippen LogP contribution in [0.1, 0.15) is 0 Å². The lowest BCUT2D eigenvalue weighted by molar-refractivity contribution is 1.56. The van der Waals surface area contributed by atoms with Gasteiger partial charge in [0, 0.05) is 32.4 Å². The monoisotopic (exact) mass is 617 g/mol. The van der Waals surface area contributed by atoms with Crippen LogP contribution in [0.25, 0.3) is 109 Å². The first-order valence-corrected chi connectivity index (χ1v) is 16.9. The number of hydrogen-bond acceptors (Lipinski definition) is 0. The highest BCUT2D eigenvalue weighted by Crippen LogP contribution is 2.47. The average molecular weight is 618 g/mol. The lowest BCUT2D eigenvalue weighted by Gasteiger charge is -2.19. The number of aromatic amines is 1. The van der Waals surface area contributed by atoms with Crippen molar-refractivity contribution >= 4 is 86.4 Å². The van der Waals surface area contributed by atoms with Gasteiger partial charge in [-0.3, -0.25) is 0 Å². The number of benzene rings is 9. The van der Waals surface area contributed by atoms with Gasteiger partial charge in [0.15, 0.2) is 0 Å². The molecule has 0 aliphatic rings. The number of aromatic nitrogens is 1. The lowest BCUT2D eigenvalue weighted by atomic mass is 9.83. The second-order valence-corrected chi connectivity index (χ2v) is 13.1. The Morgan fingerprint density at radius 1 is 0.408 bits per heavy atom. The van der Waals surface area contributed by atoms with E-state index in [1.807, 2.05) is 6.07 Å². The molecule has 0 radical (unpaired) electrons. The molecule has 0 saturated carbocycles. The summed E-state index contributed by atoms with van der Waals surface area (Å²) in [5, 5.41) is 17.2. The molecule has 0 aliphatic heterocycles. The summed E-state index contributed by atoms with van der Waals surface area (Å²) in [6.07, 6.45) is 0. The summed E-state index contributed by atoms with van der Waals surface area (Å²) < 4.78 is 0. The van der Waals surface area contributed by atoms with Gasteiger partial charge in [-0.15, -0.1) is 0 Å². The Labute approximate surface area is 282 Å². The molecule has 11 rings (SSSR count). The molecule has 49 heavy (non-hydrogen) atoms. The van der Waals surface area contributed by atoms with Crippen LogP contribution in [0, 0.1) is 12.1 Å². The molecule has 1 nitrogen and oxygen atoms in total. The molecule has 0 bridgehead atoms. The maximum absolute atomic E-state index is 3.81. The predicted octanol–water partition coefficient (Wildman–Crippen LogP) is 13.2. The fraction of sp³-hybridized carbons (Fsp3) is 0. The molecule has 0 amide bonds. The fourth-order valence-electron chi connectivity index (χ4n) is 8.47. The van der Waals surface area contributed by atoms with Crippen molar-refractivity contribution in [2.45, 2.75) is 0 Å². The number of H-pyrrole nitrogens is 1.